The molecule has 0 radical (unpaired) electrons. The highest BCUT2D eigenvalue weighted by Crippen LogP contribution is 2.48. The molecule has 2 saturated carbocycles. The van der Waals surface area contributed by atoms with Gasteiger partial charge in [-0.25, -0.2) is 13.1 Å². The molecule has 3 rings (SSSR count). The second-order valence-electron chi connectivity index (χ2n) is 5.67. The van der Waals surface area contributed by atoms with Crippen molar-refractivity contribution in [3.63, 3.8) is 0 Å². The molecule has 7 heteroatoms. The van der Waals surface area contributed by atoms with Gasteiger partial charge in [-0.1, -0.05) is 12.2 Å². The van der Waals surface area contributed by atoms with Crippen LogP contribution in [0.2, 0.25) is 0 Å². The zero-order valence-electron chi connectivity index (χ0n) is 11.0. The first-order valence-corrected chi connectivity index (χ1v) is 9.57. The molecule has 3 N–H and O–H groups in total. The lowest BCUT2D eigenvalue weighted by Crippen LogP contribution is -2.30. The number of sulfonamides is 1. The zero-order chi connectivity index (χ0) is 14.3. The van der Waals surface area contributed by atoms with Gasteiger partial charge in [0.25, 0.3) is 0 Å². The van der Waals surface area contributed by atoms with Crippen molar-refractivity contribution < 1.29 is 8.42 Å². The summed E-state index contributed by atoms with van der Waals surface area (Å²) in [6, 6.07) is 3.24. The molecule has 1 heterocycles. The van der Waals surface area contributed by atoms with Crippen LogP contribution in [0.3, 0.4) is 0 Å². The Bertz CT molecular complexity index is 603. The summed E-state index contributed by atoms with van der Waals surface area (Å²) in [7, 11) is -3.43. The van der Waals surface area contributed by atoms with Crippen LogP contribution < -0.4 is 10.5 Å². The van der Waals surface area contributed by atoms with Gasteiger partial charge in [0.1, 0.15) is 9.20 Å². The molecule has 0 spiro atoms. The van der Waals surface area contributed by atoms with Crippen LogP contribution in [-0.2, 0) is 10.0 Å². The molecule has 1 aromatic heterocycles. The lowest BCUT2D eigenvalue weighted by molar-refractivity contribution is 0.402. The van der Waals surface area contributed by atoms with Crippen molar-refractivity contribution in [3.05, 3.63) is 17.0 Å². The molecule has 1 aromatic rings. The van der Waals surface area contributed by atoms with E-state index < -0.39 is 10.0 Å². The molecule has 0 aromatic carbocycles. The quantitative estimate of drug-likeness (QED) is 0.751. The number of nitrogens with two attached hydrogens (primary N) is 1. The third kappa shape index (κ3) is 3.21. The van der Waals surface area contributed by atoms with E-state index >= 15 is 0 Å². The van der Waals surface area contributed by atoms with E-state index in [1.807, 2.05) is 0 Å². The number of rotatable bonds is 7. The van der Waals surface area contributed by atoms with Crippen LogP contribution in [-0.4, -0.2) is 20.0 Å². The highest BCUT2D eigenvalue weighted by atomic mass is 32.2. The average molecular weight is 331 g/mol. The molecule has 0 saturated heterocycles. The number of hydrogen-bond donors (Lipinski definition) is 2. The Balaban J connectivity index is 1.66. The molecule has 4 nitrogen and oxygen atoms in total. The van der Waals surface area contributed by atoms with Gasteiger partial charge < -0.3 is 5.73 Å². The minimum atomic E-state index is -3.43. The van der Waals surface area contributed by atoms with Crippen LogP contribution >= 0.6 is 23.6 Å². The van der Waals surface area contributed by atoms with Gasteiger partial charge in [-0.2, -0.15) is 0 Å². The molecule has 2 aliphatic carbocycles. The van der Waals surface area contributed by atoms with Gasteiger partial charge in [0.05, 0.1) is 4.88 Å². The maximum atomic E-state index is 12.3. The average Bonchev–Trinajstić information content (AvgIpc) is 3.30. The standard InChI is InChI=1S/C13H18N2O2S3/c14-13(18)11-5-6-12(19-11)20(16,17)15-7-10(8-1-2-8)9-3-4-9/h5-6,8-10,15H,1-4,7H2,(H2,14,18). The van der Waals surface area contributed by atoms with E-state index in [0.29, 0.717) is 21.5 Å². The molecule has 20 heavy (non-hydrogen) atoms. The van der Waals surface area contributed by atoms with Crippen molar-refractivity contribution in [2.45, 2.75) is 29.9 Å². The minimum absolute atomic E-state index is 0.241. The van der Waals surface area contributed by atoms with Gasteiger partial charge in [-0.15, -0.1) is 11.3 Å². The smallest absolute Gasteiger partial charge is 0.250 e. The SMILES string of the molecule is NC(=S)c1ccc(S(=O)(=O)NCC(C2CC2)C2CC2)s1. The Morgan fingerprint density at radius 3 is 2.40 bits per heavy atom. The van der Waals surface area contributed by atoms with E-state index in [-0.39, 0.29) is 4.99 Å². The lowest BCUT2D eigenvalue weighted by Gasteiger charge is -2.15. The Labute approximate surface area is 128 Å². The Morgan fingerprint density at radius 1 is 1.35 bits per heavy atom. The first-order valence-electron chi connectivity index (χ1n) is 6.86. The molecule has 110 valence electrons. The first kappa shape index (κ1) is 14.4. The molecular weight excluding hydrogens is 312 g/mol. The molecule has 2 aliphatic rings. The summed E-state index contributed by atoms with van der Waals surface area (Å²) in [4.78, 5) is 0.881. The number of hydrogen-bond acceptors (Lipinski definition) is 4. The predicted molar refractivity (Wildman–Crippen MR) is 84.3 cm³/mol. The third-order valence-corrected chi connectivity index (χ3v) is 7.44. The van der Waals surface area contributed by atoms with Crippen molar-refractivity contribution in [1.29, 1.82) is 0 Å². The van der Waals surface area contributed by atoms with Gasteiger partial charge >= 0.3 is 0 Å². The summed E-state index contributed by atoms with van der Waals surface area (Å²) >= 11 is 5.99. The van der Waals surface area contributed by atoms with E-state index in [4.69, 9.17) is 18.0 Å². The molecule has 0 unspecified atom stereocenters. The molecule has 0 bridgehead atoms. The Hall–Kier alpha value is -0.500. The van der Waals surface area contributed by atoms with Crippen molar-refractivity contribution in [1.82, 2.24) is 4.72 Å². The third-order valence-electron chi connectivity index (χ3n) is 4.05. The van der Waals surface area contributed by atoms with E-state index in [1.54, 1.807) is 12.1 Å². The van der Waals surface area contributed by atoms with Crippen molar-refractivity contribution in [3.8, 4) is 0 Å². The topological polar surface area (TPSA) is 72.2 Å². The Kier molecular flexibility index (Phi) is 3.87. The van der Waals surface area contributed by atoms with Crippen LogP contribution in [0.1, 0.15) is 30.6 Å². The molecule has 2 fully saturated rings. The van der Waals surface area contributed by atoms with E-state index in [2.05, 4.69) is 4.72 Å². The minimum Gasteiger partial charge on any atom is -0.389 e. The highest BCUT2D eigenvalue weighted by Gasteiger charge is 2.41. The summed E-state index contributed by atoms with van der Waals surface area (Å²) in [5.41, 5.74) is 5.52. The van der Waals surface area contributed by atoms with E-state index in [1.165, 1.54) is 25.7 Å². The molecule has 0 aliphatic heterocycles. The lowest BCUT2D eigenvalue weighted by atomic mass is 9.99. The maximum absolute atomic E-state index is 12.3. The fourth-order valence-electron chi connectivity index (χ4n) is 2.64. The normalized spacial score (nSPS) is 19.4. The molecule has 0 atom stereocenters. The first-order chi connectivity index (χ1) is 9.47. The molecule has 0 amide bonds. The van der Waals surface area contributed by atoms with Crippen LogP contribution in [0, 0.1) is 17.8 Å². The number of thiophene rings is 1. The van der Waals surface area contributed by atoms with Gasteiger partial charge in [-0.05, 0) is 55.6 Å². The van der Waals surface area contributed by atoms with Crippen molar-refractivity contribution in [2.75, 3.05) is 6.54 Å². The van der Waals surface area contributed by atoms with Crippen LogP contribution in [0.4, 0.5) is 0 Å². The van der Waals surface area contributed by atoms with Crippen LogP contribution in [0.5, 0.6) is 0 Å². The highest BCUT2D eigenvalue weighted by molar-refractivity contribution is 7.91. The zero-order valence-corrected chi connectivity index (χ0v) is 13.5. The van der Waals surface area contributed by atoms with E-state index in [9.17, 15) is 8.42 Å². The van der Waals surface area contributed by atoms with Gasteiger partial charge in [0.2, 0.25) is 10.0 Å². The number of thiocarbonyl (C=S) groups is 1. The summed E-state index contributed by atoms with van der Waals surface area (Å²) in [6.45, 7) is 0.567. The predicted octanol–water partition coefficient (Wildman–Crippen LogP) is 2.10. The summed E-state index contributed by atoms with van der Waals surface area (Å²) < 4.78 is 27.6. The van der Waals surface area contributed by atoms with E-state index in [0.717, 1.165) is 23.2 Å². The number of nitrogens with one attached hydrogen (secondary N) is 1. The fourth-order valence-corrected chi connectivity index (χ4v) is 5.11. The maximum Gasteiger partial charge on any atom is 0.250 e. The van der Waals surface area contributed by atoms with Crippen LogP contribution in [0.25, 0.3) is 0 Å². The van der Waals surface area contributed by atoms with Crippen molar-refractivity contribution in [2.24, 2.45) is 23.5 Å². The second-order valence-corrected chi connectivity index (χ2v) is 9.19. The summed E-state index contributed by atoms with van der Waals surface area (Å²) in [5, 5.41) is 0. The summed E-state index contributed by atoms with van der Waals surface area (Å²) in [5.74, 6) is 2.00. The largest absolute Gasteiger partial charge is 0.389 e. The molecular formula is C13H18N2O2S3. The summed E-state index contributed by atoms with van der Waals surface area (Å²) in [6.07, 6.45) is 5.03. The van der Waals surface area contributed by atoms with Crippen LogP contribution in [0.15, 0.2) is 16.3 Å². The van der Waals surface area contributed by atoms with Gasteiger partial charge in [0.15, 0.2) is 0 Å². The monoisotopic (exact) mass is 330 g/mol. The van der Waals surface area contributed by atoms with Gasteiger partial charge in [0, 0.05) is 6.54 Å². The van der Waals surface area contributed by atoms with Gasteiger partial charge in [-0.3, -0.25) is 0 Å². The second kappa shape index (κ2) is 5.36. The van der Waals surface area contributed by atoms with Crippen molar-refractivity contribution >= 4 is 38.6 Å². The fraction of sp³-hybridized carbons (Fsp3) is 0.615. The Morgan fingerprint density at radius 2 is 1.95 bits per heavy atom.